The molecule has 6 atom stereocenters. The zero-order valence-corrected chi connectivity index (χ0v) is 28.6. The van der Waals surface area contributed by atoms with Crippen LogP contribution in [0.15, 0.2) is 0 Å². The summed E-state index contributed by atoms with van der Waals surface area (Å²) in [6, 6.07) is 0. The number of hydrogen-bond donors (Lipinski definition) is 0. The van der Waals surface area contributed by atoms with E-state index in [1.165, 1.54) is 83.5 Å². The molecule has 0 nitrogen and oxygen atoms in total. The third-order valence-corrected chi connectivity index (χ3v) is 13.8. The molecule has 234 valence electrons. The van der Waals surface area contributed by atoms with Crippen molar-refractivity contribution in [3.63, 3.8) is 0 Å². The Kier molecular flexibility index (Phi) is 12.9. The van der Waals surface area contributed by atoms with Gasteiger partial charge in [0.2, 0.25) is 0 Å². The van der Waals surface area contributed by atoms with Crippen molar-refractivity contribution in [3.05, 3.63) is 0 Å². The molecule has 4 saturated carbocycles. The third-order valence-electron chi connectivity index (χ3n) is 13.8. The maximum atomic E-state index is 2.62. The van der Waals surface area contributed by atoms with E-state index < -0.39 is 0 Å². The molecule has 4 rings (SSSR count). The van der Waals surface area contributed by atoms with Crippen molar-refractivity contribution in [2.24, 2.45) is 58.2 Å². The maximum Gasteiger partial charge on any atom is -0.0235 e. The van der Waals surface area contributed by atoms with Crippen LogP contribution in [0.1, 0.15) is 196 Å². The summed E-state index contributed by atoms with van der Waals surface area (Å²) >= 11 is 0. The van der Waals surface area contributed by atoms with Gasteiger partial charge in [-0.3, -0.25) is 0 Å². The lowest BCUT2D eigenvalue weighted by Gasteiger charge is -2.48. The van der Waals surface area contributed by atoms with Gasteiger partial charge in [0.1, 0.15) is 0 Å². The SMILES string of the molecule is CCCCCCCCC1(CCCCCCCC)C2CC(C)CCC2C2CCC(C3CCC(C(C)(C)C)CC3)CC21. The molecule has 0 bridgehead atoms. The summed E-state index contributed by atoms with van der Waals surface area (Å²) in [6.45, 7) is 14.9. The van der Waals surface area contributed by atoms with Gasteiger partial charge in [0.25, 0.3) is 0 Å². The van der Waals surface area contributed by atoms with E-state index >= 15 is 0 Å². The fraction of sp³-hybridized carbons (Fsp3) is 1.00. The van der Waals surface area contributed by atoms with Gasteiger partial charge in [-0.2, -0.15) is 0 Å². The number of hydrogen-bond acceptors (Lipinski definition) is 0. The van der Waals surface area contributed by atoms with Gasteiger partial charge in [0.15, 0.2) is 0 Å². The highest BCUT2D eigenvalue weighted by molar-refractivity contribution is 5.09. The Balaban J connectivity index is 1.49. The summed E-state index contributed by atoms with van der Waals surface area (Å²) in [4.78, 5) is 0. The smallest absolute Gasteiger partial charge is 0.0235 e. The number of unbranched alkanes of at least 4 members (excludes halogenated alkanes) is 10. The standard InChI is InChI=1S/C40H74/c1-7-9-11-13-15-17-27-40(28-18-16-14-12-10-8-2)37-29-31(3)19-25-35(37)36-26-22-33(30-38(36)40)32-20-23-34(24-21-32)39(4,5)6/h31-38H,7-30H2,1-6H3. The predicted octanol–water partition coefficient (Wildman–Crippen LogP) is 13.4. The minimum Gasteiger partial charge on any atom is -0.0654 e. The molecule has 4 fully saturated rings. The summed E-state index contributed by atoms with van der Waals surface area (Å²) in [6.07, 6.45) is 36.6. The highest BCUT2D eigenvalue weighted by atomic mass is 14.7. The van der Waals surface area contributed by atoms with E-state index in [2.05, 4.69) is 41.5 Å². The minimum atomic E-state index is 0.518. The van der Waals surface area contributed by atoms with E-state index in [0.29, 0.717) is 10.8 Å². The van der Waals surface area contributed by atoms with Crippen molar-refractivity contribution in [1.29, 1.82) is 0 Å². The van der Waals surface area contributed by atoms with Crippen LogP contribution in [0.2, 0.25) is 0 Å². The van der Waals surface area contributed by atoms with Crippen LogP contribution >= 0.6 is 0 Å². The first kappa shape index (κ1) is 32.9. The van der Waals surface area contributed by atoms with Crippen LogP contribution in [0.4, 0.5) is 0 Å². The minimum absolute atomic E-state index is 0.518. The predicted molar refractivity (Wildman–Crippen MR) is 178 cm³/mol. The molecular formula is C40H74. The molecule has 6 unspecified atom stereocenters. The molecule has 0 N–H and O–H groups in total. The quantitative estimate of drug-likeness (QED) is 0.177. The monoisotopic (exact) mass is 555 g/mol. The average molecular weight is 555 g/mol. The van der Waals surface area contributed by atoms with Gasteiger partial charge >= 0.3 is 0 Å². The largest absolute Gasteiger partial charge is 0.0654 e. The first-order chi connectivity index (χ1) is 19.3. The van der Waals surface area contributed by atoms with Gasteiger partial charge in [0, 0.05) is 0 Å². The van der Waals surface area contributed by atoms with Crippen LogP contribution in [0.25, 0.3) is 0 Å². The molecule has 0 aromatic rings. The molecule has 4 aliphatic carbocycles. The Bertz CT molecular complexity index is 673. The van der Waals surface area contributed by atoms with Crippen molar-refractivity contribution >= 4 is 0 Å². The molecule has 0 aliphatic heterocycles. The zero-order chi connectivity index (χ0) is 28.6. The maximum absolute atomic E-state index is 2.62. The van der Waals surface area contributed by atoms with E-state index in [0.717, 1.165) is 47.3 Å². The second kappa shape index (κ2) is 15.6. The van der Waals surface area contributed by atoms with E-state index in [4.69, 9.17) is 0 Å². The molecule has 0 radical (unpaired) electrons. The zero-order valence-electron chi connectivity index (χ0n) is 28.6. The third kappa shape index (κ3) is 8.13. The second-order valence-corrected chi connectivity index (χ2v) is 17.3. The topological polar surface area (TPSA) is 0 Å². The normalized spacial score (nSPS) is 35.9. The van der Waals surface area contributed by atoms with E-state index in [-0.39, 0.29) is 0 Å². The lowest BCUT2D eigenvalue weighted by molar-refractivity contribution is 0.0151. The number of fused-ring (bicyclic) bond motifs is 3. The first-order valence-electron chi connectivity index (χ1n) is 19.3. The van der Waals surface area contributed by atoms with Crippen LogP contribution in [-0.2, 0) is 0 Å². The average Bonchev–Trinajstić information content (AvgIpc) is 3.20. The fourth-order valence-electron chi connectivity index (χ4n) is 11.5. The summed E-state index contributed by atoms with van der Waals surface area (Å²) in [5.74, 6) is 8.42. The van der Waals surface area contributed by atoms with Crippen LogP contribution in [-0.4, -0.2) is 0 Å². The Morgan fingerprint density at radius 2 is 1.00 bits per heavy atom. The number of rotatable bonds is 15. The van der Waals surface area contributed by atoms with Crippen molar-refractivity contribution < 1.29 is 0 Å². The second-order valence-electron chi connectivity index (χ2n) is 17.3. The van der Waals surface area contributed by atoms with Crippen molar-refractivity contribution in [1.82, 2.24) is 0 Å². The highest BCUT2D eigenvalue weighted by Crippen LogP contribution is 2.68. The first-order valence-corrected chi connectivity index (χ1v) is 19.3. The van der Waals surface area contributed by atoms with Crippen LogP contribution in [0, 0.1) is 58.2 Å². The van der Waals surface area contributed by atoms with Crippen LogP contribution in [0.5, 0.6) is 0 Å². The van der Waals surface area contributed by atoms with Crippen LogP contribution in [0.3, 0.4) is 0 Å². The van der Waals surface area contributed by atoms with Gasteiger partial charge in [0.05, 0.1) is 0 Å². The van der Waals surface area contributed by atoms with Gasteiger partial charge in [-0.05, 0) is 129 Å². The molecule has 0 heterocycles. The Hall–Kier alpha value is 0. The molecule has 4 aliphatic rings. The lowest BCUT2D eigenvalue weighted by atomic mass is 9.57. The molecular weight excluding hydrogens is 480 g/mol. The lowest BCUT2D eigenvalue weighted by Crippen LogP contribution is -2.39. The van der Waals surface area contributed by atoms with Crippen molar-refractivity contribution in [2.75, 3.05) is 0 Å². The molecule has 0 spiro atoms. The van der Waals surface area contributed by atoms with Gasteiger partial charge in [-0.15, -0.1) is 0 Å². The van der Waals surface area contributed by atoms with Crippen molar-refractivity contribution in [2.45, 2.75) is 196 Å². The summed E-state index contributed by atoms with van der Waals surface area (Å²) in [5.41, 5.74) is 1.23. The van der Waals surface area contributed by atoms with E-state index in [1.807, 2.05) is 0 Å². The summed E-state index contributed by atoms with van der Waals surface area (Å²) in [7, 11) is 0. The Labute approximate surface area is 253 Å². The highest BCUT2D eigenvalue weighted by Gasteiger charge is 2.60. The molecule has 0 aromatic carbocycles. The van der Waals surface area contributed by atoms with Gasteiger partial charge < -0.3 is 0 Å². The summed E-state index contributed by atoms with van der Waals surface area (Å²) < 4.78 is 0. The molecule has 0 heteroatoms. The Morgan fingerprint density at radius 3 is 1.55 bits per heavy atom. The van der Waals surface area contributed by atoms with E-state index in [1.54, 1.807) is 70.6 Å². The van der Waals surface area contributed by atoms with E-state index in [9.17, 15) is 0 Å². The Morgan fingerprint density at radius 1 is 0.525 bits per heavy atom. The van der Waals surface area contributed by atoms with Gasteiger partial charge in [-0.1, -0.05) is 125 Å². The summed E-state index contributed by atoms with van der Waals surface area (Å²) in [5, 5.41) is 0. The molecule has 40 heavy (non-hydrogen) atoms. The molecule has 0 amide bonds. The molecule has 0 saturated heterocycles. The molecule has 0 aromatic heterocycles. The van der Waals surface area contributed by atoms with Gasteiger partial charge in [-0.25, -0.2) is 0 Å². The fourth-order valence-corrected chi connectivity index (χ4v) is 11.5. The van der Waals surface area contributed by atoms with Crippen LogP contribution < -0.4 is 0 Å². The van der Waals surface area contributed by atoms with Crippen molar-refractivity contribution in [3.8, 4) is 0 Å².